The quantitative estimate of drug-likeness (QED) is 0.608. The largest absolute Gasteiger partial charge is 0.341 e. The second kappa shape index (κ2) is 8.06. The minimum atomic E-state index is -4.64. The monoisotopic (exact) mass is 407 g/mol. The van der Waals surface area contributed by atoms with Crippen LogP contribution in [0.1, 0.15) is 0 Å². The number of carbonyl (C=O) groups excluding carboxylic acids is 1. The van der Waals surface area contributed by atoms with Crippen molar-refractivity contribution in [3.05, 3.63) is 66.7 Å². The second-order valence-corrected chi connectivity index (χ2v) is 8.64. The van der Waals surface area contributed by atoms with Crippen molar-refractivity contribution >= 4 is 44.0 Å². The van der Waals surface area contributed by atoms with Gasteiger partial charge in [0.25, 0.3) is 0 Å². The third-order valence-corrected chi connectivity index (χ3v) is 6.18. The van der Waals surface area contributed by atoms with E-state index in [1.807, 2.05) is 42.5 Å². The van der Waals surface area contributed by atoms with Gasteiger partial charge in [-0.15, -0.1) is 11.8 Å². The number of sulfone groups is 1. The number of benzene rings is 3. The predicted molar refractivity (Wildman–Crippen MR) is 103 cm³/mol. The highest BCUT2D eigenvalue weighted by molar-refractivity contribution is 8.00. The lowest BCUT2D eigenvalue weighted by atomic mass is 10.1. The Bertz CT molecular complexity index is 1070. The molecule has 3 aromatic carbocycles. The van der Waals surface area contributed by atoms with Crippen LogP contribution in [0.4, 0.5) is 14.5 Å². The first-order valence-electron chi connectivity index (χ1n) is 7.90. The molecule has 27 heavy (non-hydrogen) atoms. The zero-order chi connectivity index (χ0) is 19.4. The summed E-state index contributed by atoms with van der Waals surface area (Å²) in [4.78, 5) is 12.5. The fraction of sp³-hybridized carbons (Fsp3) is 0.105. The summed E-state index contributed by atoms with van der Waals surface area (Å²) < 4.78 is 47.8. The van der Waals surface area contributed by atoms with E-state index in [4.69, 9.17) is 0 Å². The number of halogens is 2. The molecule has 3 rings (SSSR count). The van der Waals surface area contributed by atoms with Gasteiger partial charge < -0.3 is 5.32 Å². The summed E-state index contributed by atoms with van der Waals surface area (Å²) in [6.07, 6.45) is 0. The van der Waals surface area contributed by atoms with Gasteiger partial charge in [-0.25, -0.2) is 8.42 Å². The van der Waals surface area contributed by atoms with Crippen LogP contribution in [0.3, 0.4) is 0 Å². The molecule has 4 nitrogen and oxygen atoms in total. The van der Waals surface area contributed by atoms with Crippen molar-refractivity contribution in [1.29, 1.82) is 0 Å². The number of amides is 1. The van der Waals surface area contributed by atoms with Gasteiger partial charge in [0.15, 0.2) is 0 Å². The molecule has 0 spiro atoms. The molecule has 3 aromatic rings. The Kier molecular flexibility index (Phi) is 5.76. The second-order valence-electron chi connectivity index (χ2n) is 5.68. The fourth-order valence-corrected chi connectivity index (χ4v) is 3.90. The molecule has 0 aliphatic carbocycles. The molecule has 0 heterocycles. The summed E-state index contributed by atoms with van der Waals surface area (Å²) in [7, 11) is -4.64. The average Bonchev–Trinajstić information content (AvgIpc) is 2.66. The van der Waals surface area contributed by atoms with E-state index in [2.05, 4.69) is 5.32 Å². The SMILES string of the molecule is O=C(CSc1ccc2ccccc2c1)Nc1ccc(S(=O)(=O)C(F)F)cc1. The Morgan fingerprint density at radius 3 is 2.30 bits per heavy atom. The van der Waals surface area contributed by atoms with Gasteiger partial charge in [0.05, 0.1) is 10.6 Å². The molecule has 0 aliphatic heterocycles. The van der Waals surface area contributed by atoms with Crippen molar-refractivity contribution in [3.63, 3.8) is 0 Å². The number of nitrogens with one attached hydrogen (secondary N) is 1. The predicted octanol–water partition coefficient (Wildman–Crippen LogP) is 4.57. The summed E-state index contributed by atoms with van der Waals surface area (Å²) >= 11 is 1.37. The zero-order valence-electron chi connectivity index (χ0n) is 13.9. The number of hydrogen-bond donors (Lipinski definition) is 1. The number of rotatable bonds is 6. The molecule has 0 aliphatic rings. The van der Waals surface area contributed by atoms with E-state index in [0.29, 0.717) is 5.69 Å². The normalized spacial score (nSPS) is 11.7. The van der Waals surface area contributed by atoms with Crippen LogP contribution >= 0.6 is 11.8 Å². The van der Waals surface area contributed by atoms with Gasteiger partial charge in [-0.2, -0.15) is 8.78 Å². The lowest BCUT2D eigenvalue weighted by Crippen LogP contribution is -2.14. The number of hydrogen-bond acceptors (Lipinski definition) is 4. The molecule has 0 unspecified atom stereocenters. The molecule has 0 saturated heterocycles. The van der Waals surface area contributed by atoms with Gasteiger partial charge in [0.2, 0.25) is 15.7 Å². The fourth-order valence-electron chi connectivity index (χ4n) is 2.43. The summed E-state index contributed by atoms with van der Waals surface area (Å²) in [6.45, 7) is 0. The van der Waals surface area contributed by atoms with Crippen molar-refractivity contribution in [2.75, 3.05) is 11.1 Å². The Labute approximate surface area is 159 Å². The first kappa shape index (κ1) is 19.3. The molecular weight excluding hydrogens is 392 g/mol. The molecule has 140 valence electrons. The van der Waals surface area contributed by atoms with Gasteiger partial charge in [0.1, 0.15) is 0 Å². The Morgan fingerprint density at radius 2 is 1.63 bits per heavy atom. The number of carbonyl (C=O) groups is 1. The Balaban J connectivity index is 1.60. The summed E-state index contributed by atoms with van der Waals surface area (Å²) in [5, 5.41) is 4.81. The van der Waals surface area contributed by atoms with Crippen molar-refractivity contribution in [1.82, 2.24) is 0 Å². The molecule has 1 amide bonds. The van der Waals surface area contributed by atoms with Gasteiger partial charge in [-0.1, -0.05) is 30.3 Å². The van der Waals surface area contributed by atoms with Gasteiger partial charge in [-0.05, 0) is 47.2 Å². The molecule has 0 aromatic heterocycles. The molecule has 0 atom stereocenters. The smallest absolute Gasteiger partial charge is 0.325 e. The zero-order valence-corrected chi connectivity index (χ0v) is 15.6. The highest BCUT2D eigenvalue weighted by Crippen LogP contribution is 2.24. The maximum absolute atomic E-state index is 12.5. The first-order chi connectivity index (χ1) is 12.9. The van der Waals surface area contributed by atoms with Gasteiger partial charge in [0, 0.05) is 10.6 Å². The highest BCUT2D eigenvalue weighted by Gasteiger charge is 2.26. The summed E-state index contributed by atoms with van der Waals surface area (Å²) in [5.74, 6) is -3.59. The van der Waals surface area contributed by atoms with Gasteiger partial charge in [-0.3, -0.25) is 4.79 Å². The number of thioether (sulfide) groups is 1. The summed E-state index contributed by atoms with van der Waals surface area (Å²) in [6, 6.07) is 18.5. The van der Waals surface area contributed by atoms with E-state index in [0.717, 1.165) is 27.8 Å². The third-order valence-electron chi connectivity index (χ3n) is 3.79. The van der Waals surface area contributed by atoms with Crippen LogP contribution < -0.4 is 5.32 Å². The molecule has 1 N–H and O–H groups in total. The van der Waals surface area contributed by atoms with Crippen LogP contribution in [0.15, 0.2) is 76.5 Å². The molecular formula is C19H15F2NO3S2. The topological polar surface area (TPSA) is 63.2 Å². The highest BCUT2D eigenvalue weighted by atomic mass is 32.2. The minimum absolute atomic E-state index is 0.162. The van der Waals surface area contributed by atoms with Crippen LogP contribution in [0.25, 0.3) is 10.8 Å². The number of anilines is 1. The first-order valence-corrected chi connectivity index (χ1v) is 10.4. The van der Waals surface area contributed by atoms with E-state index in [1.54, 1.807) is 0 Å². The summed E-state index contributed by atoms with van der Waals surface area (Å²) in [5.41, 5.74) is 0.340. The maximum Gasteiger partial charge on any atom is 0.341 e. The molecule has 0 fully saturated rings. The lowest BCUT2D eigenvalue weighted by Gasteiger charge is -2.07. The Hall–Kier alpha value is -2.45. The standard InChI is InChI=1S/C19H15F2NO3S2/c20-19(21)27(24,25)17-9-6-15(7-10-17)22-18(23)12-26-16-8-5-13-3-1-2-4-14(13)11-16/h1-11,19H,12H2,(H,22,23). The van der Waals surface area contributed by atoms with E-state index < -0.39 is 20.5 Å². The number of alkyl halides is 2. The molecule has 0 saturated carbocycles. The van der Waals surface area contributed by atoms with Crippen LogP contribution in [0, 0.1) is 0 Å². The maximum atomic E-state index is 12.5. The van der Waals surface area contributed by atoms with Crippen molar-refractivity contribution in [3.8, 4) is 0 Å². The lowest BCUT2D eigenvalue weighted by molar-refractivity contribution is -0.113. The average molecular weight is 407 g/mol. The Morgan fingerprint density at radius 1 is 0.963 bits per heavy atom. The van der Waals surface area contributed by atoms with E-state index in [-0.39, 0.29) is 11.7 Å². The van der Waals surface area contributed by atoms with Crippen molar-refractivity contribution in [2.45, 2.75) is 15.5 Å². The van der Waals surface area contributed by atoms with Gasteiger partial charge >= 0.3 is 5.76 Å². The van der Waals surface area contributed by atoms with Crippen molar-refractivity contribution in [2.24, 2.45) is 0 Å². The minimum Gasteiger partial charge on any atom is -0.325 e. The van der Waals surface area contributed by atoms with Crippen LogP contribution in [-0.2, 0) is 14.6 Å². The van der Waals surface area contributed by atoms with E-state index >= 15 is 0 Å². The van der Waals surface area contributed by atoms with E-state index in [1.165, 1.54) is 23.9 Å². The van der Waals surface area contributed by atoms with Crippen molar-refractivity contribution < 1.29 is 22.0 Å². The third kappa shape index (κ3) is 4.64. The number of fused-ring (bicyclic) bond motifs is 1. The van der Waals surface area contributed by atoms with Crippen LogP contribution in [0.2, 0.25) is 0 Å². The molecule has 0 bridgehead atoms. The van der Waals surface area contributed by atoms with E-state index in [9.17, 15) is 22.0 Å². The molecule has 8 heteroatoms. The molecule has 0 radical (unpaired) electrons. The van der Waals surface area contributed by atoms with Crippen LogP contribution in [0.5, 0.6) is 0 Å². The van der Waals surface area contributed by atoms with Crippen LogP contribution in [-0.4, -0.2) is 25.8 Å².